The van der Waals surface area contributed by atoms with Crippen molar-refractivity contribution in [3.63, 3.8) is 0 Å². The zero-order valence-electron chi connectivity index (χ0n) is 11.8. The summed E-state index contributed by atoms with van der Waals surface area (Å²) in [4.78, 5) is 30.8. The first-order valence-electron chi connectivity index (χ1n) is 6.84. The monoisotopic (exact) mass is 311 g/mol. The summed E-state index contributed by atoms with van der Waals surface area (Å²) in [5.74, 6) is -0.506. The molecule has 21 heavy (non-hydrogen) atoms. The van der Waals surface area contributed by atoms with Gasteiger partial charge < -0.3 is 14.9 Å². The molecule has 1 N–H and O–H groups in total. The molecule has 0 aromatic carbocycles. The molecule has 0 radical (unpaired) electrons. The molecule has 114 valence electrons. The van der Waals surface area contributed by atoms with Crippen LogP contribution in [0.1, 0.15) is 19.3 Å². The van der Waals surface area contributed by atoms with Crippen molar-refractivity contribution in [2.45, 2.75) is 25.3 Å². The van der Waals surface area contributed by atoms with Crippen molar-refractivity contribution in [3.05, 3.63) is 23.4 Å². The van der Waals surface area contributed by atoms with Crippen molar-refractivity contribution in [1.29, 1.82) is 0 Å². The summed E-state index contributed by atoms with van der Waals surface area (Å²) >= 11 is 5.78. The molecule has 0 aliphatic carbocycles. The third-order valence-corrected chi connectivity index (χ3v) is 3.81. The Balaban J connectivity index is 2.02. The van der Waals surface area contributed by atoms with E-state index in [0.717, 1.165) is 12.8 Å². The van der Waals surface area contributed by atoms with E-state index in [9.17, 15) is 14.7 Å². The third kappa shape index (κ3) is 3.85. The summed E-state index contributed by atoms with van der Waals surface area (Å²) in [5, 5.41) is 9.73. The number of hydrogen-bond donors (Lipinski definition) is 1. The van der Waals surface area contributed by atoms with Crippen molar-refractivity contribution in [3.8, 4) is 0 Å². The van der Waals surface area contributed by atoms with Gasteiger partial charge in [-0.25, -0.2) is 9.78 Å². The highest BCUT2D eigenvalue weighted by atomic mass is 35.5. The van der Waals surface area contributed by atoms with E-state index >= 15 is 0 Å². The van der Waals surface area contributed by atoms with Gasteiger partial charge in [-0.3, -0.25) is 4.79 Å². The van der Waals surface area contributed by atoms with Crippen LogP contribution in [0.5, 0.6) is 0 Å². The van der Waals surface area contributed by atoms with Gasteiger partial charge in [0, 0.05) is 19.8 Å². The molecule has 0 spiro atoms. The predicted octanol–water partition coefficient (Wildman–Crippen LogP) is 1.64. The lowest BCUT2D eigenvalue weighted by Gasteiger charge is -2.34. The van der Waals surface area contributed by atoms with Gasteiger partial charge in [-0.1, -0.05) is 11.6 Å². The van der Waals surface area contributed by atoms with E-state index in [1.165, 1.54) is 11.1 Å². The van der Waals surface area contributed by atoms with Crippen molar-refractivity contribution < 1.29 is 14.7 Å². The Morgan fingerprint density at radius 3 is 2.86 bits per heavy atom. The Bertz CT molecular complexity index is 521. The molecule has 1 aromatic rings. The molecule has 1 aliphatic rings. The SMILES string of the molecule is CN(CC(=O)N1CCCCC1C(=O)O)c1ccc(Cl)cn1. The number of likely N-dealkylation sites (tertiary alicyclic amines) is 1. The molecule has 0 saturated carbocycles. The summed E-state index contributed by atoms with van der Waals surface area (Å²) in [6.07, 6.45) is 3.72. The number of carbonyl (C=O) groups excluding carboxylic acids is 1. The van der Waals surface area contributed by atoms with Gasteiger partial charge in [0.2, 0.25) is 5.91 Å². The number of carbonyl (C=O) groups is 2. The van der Waals surface area contributed by atoms with Crippen LogP contribution in [0.15, 0.2) is 18.3 Å². The van der Waals surface area contributed by atoms with Gasteiger partial charge in [-0.15, -0.1) is 0 Å². The van der Waals surface area contributed by atoms with Crippen LogP contribution < -0.4 is 4.90 Å². The van der Waals surface area contributed by atoms with Crippen molar-refractivity contribution >= 4 is 29.3 Å². The second kappa shape index (κ2) is 6.76. The molecule has 1 atom stereocenters. The zero-order valence-corrected chi connectivity index (χ0v) is 12.6. The Labute approximate surface area is 128 Å². The fourth-order valence-electron chi connectivity index (χ4n) is 2.46. The predicted molar refractivity (Wildman–Crippen MR) is 79.5 cm³/mol. The van der Waals surface area contributed by atoms with Gasteiger partial charge in [-0.05, 0) is 31.4 Å². The van der Waals surface area contributed by atoms with Gasteiger partial charge in [0.05, 0.1) is 11.6 Å². The Morgan fingerprint density at radius 2 is 2.24 bits per heavy atom. The van der Waals surface area contributed by atoms with E-state index in [4.69, 9.17) is 11.6 Å². The largest absolute Gasteiger partial charge is 0.480 e. The molecule has 2 rings (SSSR count). The molecule has 7 heteroatoms. The van der Waals surface area contributed by atoms with Crippen LogP contribution in [0.25, 0.3) is 0 Å². The highest BCUT2D eigenvalue weighted by Crippen LogP contribution is 2.18. The van der Waals surface area contributed by atoms with E-state index in [1.54, 1.807) is 24.1 Å². The van der Waals surface area contributed by atoms with Gasteiger partial charge in [-0.2, -0.15) is 0 Å². The Kier molecular flexibility index (Phi) is 5.01. The molecule has 1 unspecified atom stereocenters. The van der Waals surface area contributed by atoms with Crippen LogP contribution in [0, 0.1) is 0 Å². The lowest BCUT2D eigenvalue weighted by atomic mass is 10.0. The second-order valence-corrected chi connectivity index (χ2v) is 5.56. The molecule has 1 saturated heterocycles. The summed E-state index contributed by atoms with van der Waals surface area (Å²) < 4.78 is 0. The minimum Gasteiger partial charge on any atom is -0.480 e. The average molecular weight is 312 g/mol. The first-order chi connectivity index (χ1) is 9.99. The summed E-state index contributed by atoms with van der Waals surface area (Å²) in [7, 11) is 1.74. The standard InChI is InChI=1S/C14H18ClN3O3/c1-17(12-6-5-10(15)8-16-12)9-13(19)18-7-3-2-4-11(18)14(20)21/h5-6,8,11H,2-4,7,9H2,1H3,(H,20,21). The highest BCUT2D eigenvalue weighted by Gasteiger charge is 2.32. The van der Waals surface area contributed by atoms with Gasteiger partial charge in [0.25, 0.3) is 0 Å². The molecule has 1 aromatic heterocycles. The number of carboxylic acids is 1. The Morgan fingerprint density at radius 1 is 1.48 bits per heavy atom. The number of likely N-dealkylation sites (N-methyl/N-ethyl adjacent to an activating group) is 1. The number of aromatic nitrogens is 1. The number of rotatable bonds is 4. The number of hydrogen-bond acceptors (Lipinski definition) is 4. The fourth-order valence-corrected chi connectivity index (χ4v) is 2.57. The number of anilines is 1. The molecule has 2 heterocycles. The highest BCUT2D eigenvalue weighted by molar-refractivity contribution is 6.30. The molecule has 1 fully saturated rings. The lowest BCUT2D eigenvalue weighted by Crippen LogP contribution is -2.50. The van der Waals surface area contributed by atoms with Crippen LogP contribution in [0.4, 0.5) is 5.82 Å². The quantitative estimate of drug-likeness (QED) is 0.915. The maximum atomic E-state index is 12.3. The molecule has 1 aliphatic heterocycles. The van der Waals surface area contributed by atoms with E-state index in [0.29, 0.717) is 23.8 Å². The van der Waals surface area contributed by atoms with Gasteiger partial charge >= 0.3 is 5.97 Å². The van der Waals surface area contributed by atoms with E-state index in [-0.39, 0.29) is 12.5 Å². The topological polar surface area (TPSA) is 73.7 Å². The van der Waals surface area contributed by atoms with Crippen LogP contribution in [-0.4, -0.2) is 53.0 Å². The number of carboxylic acid groups (broad SMARTS) is 1. The van der Waals surface area contributed by atoms with Crippen LogP contribution >= 0.6 is 11.6 Å². The molecular weight excluding hydrogens is 294 g/mol. The van der Waals surface area contributed by atoms with E-state index in [2.05, 4.69) is 4.98 Å². The molecular formula is C14H18ClN3O3. The summed E-state index contributed by atoms with van der Waals surface area (Å²) in [5.41, 5.74) is 0. The number of halogens is 1. The van der Waals surface area contributed by atoms with Crippen LogP contribution in [-0.2, 0) is 9.59 Å². The number of aliphatic carboxylic acids is 1. The average Bonchev–Trinajstić information content (AvgIpc) is 2.47. The van der Waals surface area contributed by atoms with E-state index in [1.807, 2.05) is 0 Å². The fraction of sp³-hybridized carbons (Fsp3) is 0.500. The van der Waals surface area contributed by atoms with Crippen LogP contribution in [0.2, 0.25) is 5.02 Å². The lowest BCUT2D eigenvalue weighted by molar-refractivity contribution is -0.151. The minimum atomic E-state index is -0.935. The molecule has 1 amide bonds. The summed E-state index contributed by atoms with van der Waals surface area (Å²) in [6, 6.07) is 2.71. The Hall–Kier alpha value is -1.82. The number of amides is 1. The van der Waals surface area contributed by atoms with Gasteiger partial charge in [0.15, 0.2) is 0 Å². The smallest absolute Gasteiger partial charge is 0.326 e. The summed E-state index contributed by atoms with van der Waals surface area (Å²) in [6.45, 7) is 0.593. The van der Waals surface area contributed by atoms with Gasteiger partial charge in [0.1, 0.15) is 11.9 Å². The van der Waals surface area contributed by atoms with Crippen molar-refractivity contribution in [2.75, 3.05) is 25.0 Å². The third-order valence-electron chi connectivity index (χ3n) is 3.58. The maximum absolute atomic E-state index is 12.3. The van der Waals surface area contributed by atoms with Crippen LogP contribution in [0.3, 0.4) is 0 Å². The first-order valence-corrected chi connectivity index (χ1v) is 7.22. The number of nitrogens with zero attached hydrogens (tertiary/aromatic N) is 3. The van der Waals surface area contributed by atoms with Crippen molar-refractivity contribution in [2.24, 2.45) is 0 Å². The molecule has 0 bridgehead atoms. The second-order valence-electron chi connectivity index (χ2n) is 5.13. The van der Waals surface area contributed by atoms with E-state index < -0.39 is 12.0 Å². The number of pyridine rings is 1. The normalized spacial score (nSPS) is 18.4. The maximum Gasteiger partial charge on any atom is 0.326 e. The number of piperidine rings is 1. The molecule has 6 nitrogen and oxygen atoms in total. The zero-order chi connectivity index (χ0) is 15.4. The van der Waals surface area contributed by atoms with Crippen molar-refractivity contribution in [1.82, 2.24) is 9.88 Å². The minimum absolute atomic E-state index is 0.0956. The first kappa shape index (κ1) is 15.6.